The molecule has 17 heavy (non-hydrogen) atoms. The van der Waals surface area contributed by atoms with Crippen molar-refractivity contribution in [1.29, 1.82) is 0 Å². The van der Waals surface area contributed by atoms with Crippen molar-refractivity contribution < 1.29 is 9.47 Å². The summed E-state index contributed by atoms with van der Waals surface area (Å²) in [5.41, 5.74) is 6.59. The van der Waals surface area contributed by atoms with Gasteiger partial charge in [-0.05, 0) is 29.5 Å². The van der Waals surface area contributed by atoms with Gasteiger partial charge in [-0.2, -0.15) is 4.68 Å². The molecular weight excluding hydrogens is 222 g/mol. The minimum atomic E-state index is -0.240. The van der Waals surface area contributed by atoms with Crippen LogP contribution in [-0.2, 0) is 0 Å². The highest BCUT2D eigenvalue weighted by Gasteiger charge is 2.17. The third-order valence-electron chi connectivity index (χ3n) is 2.50. The summed E-state index contributed by atoms with van der Waals surface area (Å²) in [5.74, 6) is 2.02. The lowest BCUT2D eigenvalue weighted by Crippen LogP contribution is -2.13. The zero-order valence-corrected chi connectivity index (χ0v) is 9.20. The molecule has 1 atom stereocenters. The standard InChI is InChI=1S/C10H11N5O2/c1-6(11)10-12-13-14-15(10)7-2-3-8-9(4-7)17-5-16-8/h2-4,6H,5,11H2,1H3. The molecule has 7 nitrogen and oxygen atoms in total. The highest BCUT2D eigenvalue weighted by atomic mass is 16.7. The summed E-state index contributed by atoms with van der Waals surface area (Å²) in [6.07, 6.45) is 0. The zero-order valence-electron chi connectivity index (χ0n) is 9.20. The van der Waals surface area contributed by atoms with Gasteiger partial charge in [0, 0.05) is 6.07 Å². The molecular formula is C10H11N5O2. The van der Waals surface area contributed by atoms with E-state index in [0.717, 1.165) is 11.4 Å². The van der Waals surface area contributed by atoms with E-state index in [2.05, 4.69) is 15.5 Å². The van der Waals surface area contributed by atoms with E-state index in [4.69, 9.17) is 15.2 Å². The fraction of sp³-hybridized carbons (Fsp3) is 0.300. The van der Waals surface area contributed by atoms with Gasteiger partial charge < -0.3 is 15.2 Å². The average molecular weight is 233 g/mol. The van der Waals surface area contributed by atoms with E-state index in [-0.39, 0.29) is 12.8 Å². The first kappa shape index (κ1) is 10.0. The SMILES string of the molecule is CC(N)c1nnnn1-c1ccc2c(c1)OCO2. The predicted molar refractivity (Wildman–Crippen MR) is 57.9 cm³/mol. The second-order valence-corrected chi connectivity index (χ2v) is 3.78. The van der Waals surface area contributed by atoms with Crippen LogP contribution >= 0.6 is 0 Å². The van der Waals surface area contributed by atoms with Crippen LogP contribution in [0.1, 0.15) is 18.8 Å². The number of nitrogens with zero attached hydrogens (tertiary/aromatic N) is 4. The lowest BCUT2D eigenvalue weighted by atomic mass is 10.2. The topological polar surface area (TPSA) is 88.1 Å². The van der Waals surface area contributed by atoms with Crippen LogP contribution in [0, 0.1) is 0 Å². The molecule has 0 aliphatic carbocycles. The Bertz CT molecular complexity index is 551. The second-order valence-electron chi connectivity index (χ2n) is 3.78. The summed E-state index contributed by atoms with van der Waals surface area (Å²) in [5, 5.41) is 11.4. The molecule has 2 aromatic rings. The Morgan fingerprint density at radius 3 is 3.00 bits per heavy atom. The first-order chi connectivity index (χ1) is 8.25. The molecule has 3 rings (SSSR count). The number of rotatable bonds is 2. The van der Waals surface area contributed by atoms with E-state index in [0.29, 0.717) is 11.6 Å². The van der Waals surface area contributed by atoms with Crippen molar-refractivity contribution in [3.05, 3.63) is 24.0 Å². The van der Waals surface area contributed by atoms with Gasteiger partial charge in [-0.1, -0.05) is 0 Å². The molecule has 0 spiro atoms. The third kappa shape index (κ3) is 1.60. The highest BCUT2D eigenvalue weighted by molar-refractivity contribution is 5.49. The molecule has 1 aliphatic heterocycles. The van der Waals surface area contributed by atoms with Crippen LogP contribution in [0.3, 0.4) is 0 Å². The molecule has 2 N–H and O–H groups in total. The lowest BCUT2D eigenvalue weighted by molar-refractivity contribution is 0.174. The Hall–Kier alpha value is -2.15. The Labute approximate surface area is 97.1 Å². The zero-order chi connectivity index (χ0) is 11.8. The number of nitrogens with two attached hydrogens (primary N) is 1. The lowest BCUT2D eigenvalue weighted by Gasteiger charge is -2.07. The molecule has 1 aliphatic rings. The van der Waals surface area contributed by atoms with Crippen LogP contribution in [0.25, 0.3) is 5.69 Å². The van der Waals surface area contributed by atoms with E-state index in [1.165, 1.54) is 0 Å². The molecule has 0 fully saturated rings. The molecule has 0 saturated carbocycles. The van der Waals surface area contributed by atoms with E-state index < -0.39 is 0 Å². The van der Waals surface area contributed by atoms with E-state index >= 15 is 0 Å². The first-order valence-electron chi connectivity index (χ1n) is 5.19. The van der Waals surface area contributed by atoms with Gasteiger partial charge in [0.2, 0.25) is 6.79 Å². The maximum absolute atomic E-state index is 5.79. The third-order valence-corrected chi connectivity index (χ3v) is 2.50. The number of benzene rings is 1. The van der Waals surface area contributed by atoms with Crippen molar-refractivity contribution in [1.82, 2.24) is 20.2 Å². The van der Waals surface area contributed by atoms with Crippen LogP contribution in [0.4, 0.5) is 0 Å². The Morgan fingerprint density at radius 2 is 2.18 bits per heavy atom. The van der Waals surface area contributed by atoms with Gasteiger partial charge in [-0.15, -0.1) is 5.10 Å². The van der Waals surface area contributed by atoms with Crippen molar-refractivity contribution in [2.45, 2.75) is 13.0 Å². The van der Waals surface area contributed by atoms with Gasteiger partial charge in [0.1, 0.15) is 0 Å². The molecule has 0 amide bonds. The normalized spacial score (nSPS) is 14.9. The second kappa shape index (κ2) is 3.70. The average Bonchev–Trinajstić information content (AvgIpc) is 2.96. The number of hydrogen-bond donors (Lipinski definition) is 1. The number of aromatic nitrogens is 4. The van der Waals surface area contributed by atoms with Crippen LogP contribution in [0.5, 0.6) is 11.5 Å². The van der Waals surface area contributed by atoms with Crippen LogP contribution in [-0.4, -0.2) is 27.0 Å². The number of tetrazole rings is 1. The minimum absolute atomic E-state index is 0.240. The summed E-state index contributed by atoms with van der Waals surface area (Å²) in [4.78, 5) is 0. The molecule has 1 aromatic carbocycles. The largest absolute Gasteiger partial charge is 0.454 e. The number of ether oxygens (including phenoxy) is 2. The fourth-order valence-electron chi connectivity index (χ4n) is 1.68. The highest BCUT2D eigenvalue weighted by Crippen LogP contribution is 2.33. The quantitative estimate of drug-likeness (QED) is 0.808. The number of hydrogen-bond acceptors (Lipinski definition) is 6. The van der Waals surface area contributed by atoms with Gasteiger partial charge >= 0.3 is 0 Å². The van der Waals surface area contributed by atoms with Gasteiger partial charge in [0.05, 0.1) is 11.7 Å². The van der Waals surface area contributed by atoms with Gasteiger partial charge in [-0.25, -0.2) is 0 Å². The van der Waals surface area contributed by atoms with Gasteiger partial charge in [0.15, 0.2) is 17.3 Å². The molecule has 1 aromatic heterocycles. The summed E-state index contributed by atoms with van der Waals surface area (Å²) in [6.45, 7) is 2.07. The molecule has 7 heteroatoms. The van der Waals surface area contributed by atoms with Gasteiger partial charge in [0.25, 0.3) is 0 Å². The maximum atomic E-state index is 5.79. The fourth-order valence-corrected chi connectivity index (χ4v) is 1.68. The predicted octanol–water partition coefficient (Wildman–Crippen LogP) is 0.411. The van der Waals surface area contributed by atoms with Crippen molar-refractivity contribution in [3.63, 3.8) is 0 Å². The van der Waals surface area contributed by atoms with Crippen LogP contribution < -0.4 is 15.2 Å². The van der Waals surface area contributed by atoms with Crippen molar-refractivity contribution in [2.75, 3.05) is 6.79 Å². The van der Waals surface area contributed by atoms with Crippen molar-refractivity contribution in [2.24, 2.45) is 5.73 Å². The van der Waals surface area contributed by atoms with E-state index in [1.807, 2.05) is 25.1 Å². The van der Waals surface area contributed by atoms with E-state index in [1.54, 1.807) is 4.68 Å². The summed E-state index contributed by atoms with van der Waals surface area (Å²) in [7, 11) is 0. The monoisotopic (exact) mass is 233 g/mol. The maximum Gasteiger partial charge on any atom is 0.231 e. The minimum Gasteiger partial charge on any atom is -0.454 e. The molecule has 0 radical (unpaired) electrons. The number of fused-ring (bicyclic) bond motifs is 1. The van der Waals surface area contributed by atoms with Gasteiger partial charge in [-0.3, -0.25) is 0 Å². The smallest absolute Gasteiger partial charge is 0.231 e. The van der Waals surface area contributed by atoms with Crippen molar-refractivity contribution in [3.8, 4) is 17.2 Å². The Balaban J connectivity index is 2.06. The summed E-state index contributed by atoms with van der Waals surface area (Å²) in [6, 6.07) is 5.26. The molecule has 88 valence electrons. The Morgan fingerprint density at radius 1 is 1.35 bits per heavy atom. The Kier molecular flexibility index (Phi) is 2.19. The van der Waals surface area contributed by atoms with Crippen molar-refractivity contribution >= 4 is 0 Å². The van der Waals surface area contributed by atoms with Crippen LogP contribution in [0.15, 0.2) is 18.2 Å². The molecule has 0 bridgehead atoms. The summed E-state index contributed by atoms with van der Waals surface area (Å²) >= 11 is 0. The molecule has 1 unspecified atom stereocenters. The molecule has 0 saturated heterocycles. The van der Waals surface area contributed by atoms with Crippen LogP contribution in [0.2, 0.25) is 0 Å². The van der Waals surface area contributed by atoms with E-state index in [9.17, 15) is 0 Å². The summed E-state index contributed by atoms with van der Waals surface area (Å²) < 4.78 is 12.1. The first-order valence-corrected chi connectivity index (χ1v) is 5.19. The molecule has 2 heterocycles.